The highest BCUT2D eigenvalue weighted by atomic mass is 35.5. The molecule has 1 aliphatic heterocycles. The molecule has 1 heterocycles. The summed E-state index contributed by atoms with van der Waals surface area (Å²) in [4.78, 5) is 30.2. The number of hydrogen-bond acceptors (Lipinski definition) is 4. The fourth-order valence-electron chi connectivity index (χ4n) is 6.03. The molecule has 2 amide bonds. The molecule has 230 valence electrons. The number of para-hydroxylation sites is 1. The molecule has 4 rings (SSSR count). The second-order valence-electron chi connectivity index (χ2n) is 12.5. The Labute approximate surface area is 266 Å². The van der Waals surface area contributed by atoms with Gasteiger partial charge < -0.3 is 10.2 Å². The van der Waals surface area contributed by atoms with E-state index in [2.05, 4.69) is 5.32 Å². The lowest BCUT2D eigenvalue weighted by molar-refractivity contribution is -0.157. The summed E-state index contributed by atoms with van der Waals surface area (Å²) < 4.78 is 22.4. The quantitative estimate of drug-likeness (QED) is 0.232. The zero-order valence-corrected chi connectivity index (χ0v) is 27.7. The average molecular weight is 643 g/mol. The fourth-order valence-corrected chi connectivity index (χ4v) is 7.79. The third-order valence-corrected chi connectivity index (χ3v) is 11.4. The van der Waals surface area contributed by atoms with E-state index in [-0.39, 0.29) is 41.1 Å². The molecular formula is C34H41Cl2N3O3S. The maximum atomic E-state index is 14.9. The fraction of sp³-hybridized carbons (Fsp3) is 0.412. The van der Waals surface area contributed by atoms with Gasteiger partial charge in [0.1, 0.15) is 0 Å². The van der Waals surface area contributed by atoms with Crippen molar-refractivity contribution in [3.63, 3.8) is 0 Å². The summed E-state index contributed by atoms with van der Waals surface area (Å²) in [7, 11) is -3.03. The summed E-state index contributed by atoms with van der Waals surface area (Å²) in [6, 6.07) is 23.3. The van der Waals surface area contributed by atoms with Crippen molar-refractivity contribution in [1.29, 1.82) is 4.78 Å². The van der Waals surface area contributed by atoms with Crippen LogP contribution in [0.15, 0.2) is 78.9 Å². The van der Waals surface area contributed by atoms with Crippen LogP contribution in [0, 0.1) is 16.1 Å². The second kappa shape index (κ2) is 13.4. The van der Waals surface area contributed by atoms with Crippen LogP contribution in [0.25, 0.3) is 0 Å². The Morgan fingerprint density at radius 2 is 1.63 bits per heavy atom. The number of carbonyl (C=O) groups excluding carboxylic acids is 2. The molecule has 0 radical (unpaired) electrons. The van der Waals surface area contributed by atoms with Gasteiger partial charge in [-0.25, -0.2) is 4.21 Å². The SMILES string of the molecule is CC(C)C(CS(=N)(=O)C(C)C)N1C(=O)[C@@](C)(CC(=O)Nc2ccccc2)C[C@H](c2cccc(Cl)c2)[C@H]1c1ccc(Cl)cc1. The minimum Gasteiger partial charge on any atom is -0.330 e. The number of halogens is 2. The smallest absolute Gasteiger partial charge is 0.229 e. The van der Waals surface area contributed by atoms with Crippen LogP contribution in [0.4, 0.5) is 5.69 Å². The van der Waals surface area contributed by atoms with E-state index in [0.29, 0.717) is 22.2 Å². The van der Waals surface area contributed by atoms with Gasteiger partial charge in [0.15, 0.2) is 0 Å². The van der Waals surface area contributed by atoms with E-state index in [0.717, 1.165) is 11.1 Å². The highest BCUT2D eigenvalue weighted by molar-refractivity contribution is 7.93. The molecule has 0 spiro atoms. The summed E-state index contributed by atoms with van der Waals surface area (Å²) in [6.45, 7) is 9.41. The monoisotopic (exact) mass is 641 g/mol. The van der Waals surface area contributed by atoms with Gasteiger partial charge in [0.25, 0.3) is 0 Å². The largest absolute Gasteiger partial charge is 0.330 e. The molecule has 0 saturated carbocycles. The molecular weight excluding hydrogens is 601 g/mol. The van der Waals surface area contributed by atoms with E-state index >= 15 is 0 Å². The number of rotatable bonds is 10. The molecule has 0 aromatic heterocycles. The van der Waals surface area contributed by atoms with Gasteiger partial charge in [-0.2, -0.15) is 0 Å². The van der Waals surface area contributed by atoms with Gasteiger partial charge in [0, 0.05) is 49.1 Å². The zero-order valence-electron chi connectivity index (χ0n) is 25.3. The predicted molar refractivity (Wildman–Crippen MR) is 177 cm³/mol. The number of nitrogens with one attached hydrogen (secondary N) is 2. The Balaban J connectivity index is 1.89. The number of benzene rings is 3. The Hall–Kier alpha value is -2.87. The summed E-state index contributed by atoms with van der Waals surface area (Å²) in [5.41, 5.74) is 1.40. The standard InChI is InChI=1S/C34H41Cl2N3O3S/c1-22(2)30(21-43(37,42)23(3)4)39-32(24-14-16-26(35)17-15-24)29(25-10-9-11-27(36)18-25)19-34(5,33(39)41)20-31(40)38-28-12-7-6-8-13-28/h6-18,22-23,29-30,32,37H,19-21H2,1-5H3,(H,38,40)/t29-,30?,32-,34-,43?/m1/s1. The van der Waals surface area contributed by atoms with Gasteiger partial charge >= 0.3 is 0 Å². The Morgan fingerprint density at radius 3 is 2.21 bits per heavy atom. The number of piperidine rings is 1. The van der Waals surface area contributed by atoms with Crippen LogP contribution in [-0.4, -0.2) is 38.0 Å². The van der Waals surface area contributed by atoms with Gasteiger partial charge in [-0.3, -0.25) is 14.4 Å². The molecule has 0 aliphatic carbocycles. The van der Waals surface area contributed by atoms with Crippen LogP contribution in [0.1, 0.15) is 70.5 Å². The summed E-state index contributed by atoms with van der Waals surface area (Å²) in [5.74, 6) is -0.762. The van der Waals surface area contributed by atoms with E-state index in [9.17, 15) is 13.8 Å². The maximum Gasteiger partial charge on any atom is 0.229 e. The Kier molecular flexibility index (Phi) is 10.3. The third-order valence-electron chi connectivity index (χ3n) is 8.51. The predicted octanol–water partition coefficient (Wildman–Crippen LogP) is 8.57. The van der Waals surface area contributed by atoms with Crippen molar-refractivity contribution in [3.8, 4) is 0 Å². The Bertz CT molecular complexity index is 1540. The third kappa shape index (κ3) is 7.62. The molecule has 5 atom stereocenters. The van der Waals surface area contributed by atoms with Crippen molar-refractivity contribution in [1.82, 2.24) is 4.90 Å². The molecule has 3 aromatic rings. The van der Waals surface area contributed by atoms with Crippen LogP contribution in [0.5, 0.6) is 0 Å². The van der Waals surface area contributed by atoms with Gasteiger partial charge in [-0.15, -0.1) is 0 Å². The number of likely N-dealkylation sites (tertiary alicyclic amines) is 1. The minimum atomic E-state index is -3.03. The molecule has 43 heavy (non-hydrogen) atoms. The van der Waals surface area contributed by atoms with Crippen molar-refractivity contribution in [3.05, 3.63) is 100 Å². The van der Waals surface area contributed by atoms with Crippen LogP contribution >= 0.6 is 23.2 Å². The van der Waals surface area contributed by atoms with E-state index in [1.165, 1.54) is 0 Å². The summed E-state index contributed by atoms with van der Waals surface area (Å²) in [5, 5.41) is 3.72. The van der Waals surface area contributed by atoms with Crippen molar-refractivity contribution >= 4 is 50.4 Å². The number of carbonyl (C=O) groups is 2. The molecule has 3 aromatic carbocycles. The van der Waals surface area contributed by atoms with Crippen LogP contribution in [0.2, 0.25) is 10.0 Å². The average Bonchev–Trinajstić information content (AvgIpc) is 2.94. The molecule has 1 aliphatic rings. The molecule has 9 heteroatoms. The van der Waals surface area contributed by atoms with E-state index in [1.54, 1.807) is 13.8 Å². The number of anilines is 1. The first-order chi connectivity index (χ1) is 20.2. The van der Waals surface area contributed by atoms with E-state index in [1.807, 2.05) is 105 Å². The van der Waals surface area contributed by atoms with Crippen molar-refractivity contribution < 1.29 is 13.8 Å². The summed E-state index contributed by atoms with van der Waals surface area (Å²) in [6.07, 6.45) is 0.357. The normalized spacial score (nSPS) is 22.8. The van der Waals surface area contributed by atoms with Gasteiger partial charge in [0.05, 0.1) is 17.2 Å². The molecule has 0 bridgehead atoms. The first kappa shape index (κ1) is 33.0. The van der Waals surface area contributed by atoms with Crippen LogP contribution in [-0.2, 0) is 19.3 Å². The van der Waals surface area contributed by atoms with Crippen molar-refractivity contribution in [2.45, 2.75) is 70.7 Å². The number of hydrogen-bond donors (Lipinski definition) is 2. The van der Waals surface area contributed by atoms with Crippen LogP contribution in [0.3, 0.4) is 0 Å². The topological polar surface area (TPSA) is 90.3 Å². The number of nitrogens with zero attached hydrogens (tertiary/aromatic N) is 1. The maximum absolute atomic E-state index is 14.9. The lowest BCUT2D eigenvalue weighted by Crippen LogP contribution is -2.59. The molecule has 1 fully saturated rings. The van der Waals surface area contributed by atoms with Crippen molar-refractivity contribution in [2.24, 2.45) is 11.3 Å². The van der Waals surface area contributed by atoms with Gasteiger partial charge in [0.2, 0.25) is 11.8 Å². The first-order valence-electron chi connectivity index (χ1n) is 14.7. The van der Waals surface area contributed by atoms with Crippen molar-refractivity contribution in [2.75, 3.05) is 11.1 Å². The zero-order chi connectivity index (χ0) is 31.5. The Morgan fingerprint density at radius 1 is 0.977 bits per heavy atom. The lowest BCUT2D eigenvalue weighted by atomic mass is 9.66. The lowest BCUT2D eigenvalue weighted by Gasteiger charge is -2.53. The van der Waals surface area contributed by atoms with Crippen LogP contribution < -0.4 is 5.32 Å². The molecule has 6 nitrogen and oxygen atoms in total. The van der Waals surface area contributed by atoms with E-state index < -0.39 is 27.2 Å². The van der Waals surface area contributed by atoms with E-state index in [4.69, 9.17) is 28.0 Å². The number of amides is 2. The second-order valence-corrected chi connectivity index (χ2v) is 16.1. The van der Waals surface area contributed by atoms with Gasteiger partial charge in [-0.1, -0.05) is 100 Å². The highest BCUT2D eigenvalue weighted by Crippen LogP contribution is 2.52. The van der Waals surface area contributed by atoms with Gasteiger partial charge in [-0.05, 0) is 59.9 Å². The molecule has 2 N–H and O–H groups in total. The summed E-state index contributed by atoms with van der Waals surface area (Å²) >= 11 is 12.8. The minimum absolute atomic E-state index is 0.0344. The first-order valence-corrected chi connectivity index (χ1v) is 17.2. The molecule has 2 unspecified atom stereocenters. The molecule has 1 saturated heterocycles. The highest BCUT2D eigenvalue weighted by Gasteiger charge is 2.53.